The number of aromatic nitrogens is 4. The summed E-state index contributed by atoms with van der Waals surface area (Å²) >= 11 is 1.45. The first-order valence-corrected chi connectivity index (χ1v) is 10.1. The number of pyridine rings is 1. The number of nitrogens with zero attached hydrogens (tertiary/aromatic N) is 4. The molecule has 0 saturated heterocycles. The second-order valence-electron chi connectivity index (χ2n) is 7.12. The molecule has 1 aromatic carbocycles. The van der Waals surface area contributed by atoms with Crippen LogP contribution in [0.15, 0.2) is 54.9 Å². The lowest BCUT2D eigenvalue weighted by atomic mass is 10.1. The number of benzene rings is 1. The van der Waals surface area contributed by atoms with Crippen molar-refractivity contribution in [2.24, 2.45) is 7.05 Å². The molecule has 7 heteroatoms. The van der Waals surface area contributed by atoms with Gasteiger partial charge in [0.25, 0.3) is 5.91 Å². The van der Waals surface area contributed by atoms with Gasteiger partial charge in [-0.2, -0.15) is 5.10 Å². The van der Waals surface area contributed by atoms with E-state index < -0.39 is 0 Å². The molecular weight excluding hydrogens is 382 g/mol. The predicted molar refractivity (Wildman–Crippen MR) is 117 cm³/mol. The molecule has 4 heterocycles. The van der Waals surface area contributed by atoms with Crippen molar-refractivity contribution in [3.05, 3.63) is 71.0 Å². The van der Waals surface area contributed by atoms with Gasteiger partial charge in [0, 0.05) is 36.1 Å². The van der Waals surface area contributed by atoms with Gasteiger partial charge in [-0.3, -0.25) is 9.48 Å². The number of amides is 1. The van der Waals surface area contributed by atoms with Crippen molar-refractivity contribution in [3.63, 3.8) is 0 Å². The number of imidazole rings is 1. The zero-order valence-electron chi connectivity index (χ0n) is 16.3. The van der Waals surface area contributed by atoms with E-state index >= 15 is 0 Å². The maximum atomic E-state index is 12.7. The second kappa shape index (κ2) is 6.56. The van der Waals surface area contributed by atoms with Gasteiger partial charge in [0.1, 0.15) is 10.5 Å². The Morgan fingerprint density at radius 2 is 1.93 bits per heavy atom. The van der Waals surface area contributed by atoms with Crippen LogP contribution in [0.3, 0.4) is 0 Å². The Bertz CT molecular complexity index is 1340. The van der Waals surface area contributed by atoms with Crippen molar-refractivity contribution in [1.29, 1.82) is 0 Å². The number of hydrogen-bond acceptors (Lipinski definition) is 4. The monoisotopic (exact) mass is 401 g/mol. The first kappa shape index (κ1) is 17.6. The van der Waals surface area contributed by atoms with Crippen LogP contribution in [-0.4, -0.2) is 25.1 Å². The van der Waals surface area contributed by atoms with Gasteiger partial charge in [0.15, 0.2) is 0 Å². The van der Waals surface area contributed by atoms with Crippen LogP contribution in [-0.2, 0) is 7.05 Å². The fraction of sp³-hybridized carbons (Fsp3) is 0.136. The van der Waals surface area contributed by atoms with Crippen LogP contribution in [0.25, 0.3) is 27.1 Å². The van der Waals surface area contributed by atoms with Gasteiger partial charge in [0.05, 0.1) is 16.3 Å². The molecule has 0 unspecified atom stereocenters. The molecule has 0 aliphatic heterocycles. The molecule has 5 rings (SSSR count). The predicted octanol–water partition coefficient (Wildman–Crippen LogP) is 4.82. The summed E-state index contributed by atoms with van der Waals surface area (Å²) < 4.78 is 3.84. The Kier molecular flexibility index (Phi) is 3.99. The molecule has 1 N–H and O–H groups in total. The summed E-state index contributed by atoms with van der Waals surface area (Å²) in [5.41, 5.74) is 5.70. The molecule has 4 aromatic heterocycles. The zero-order valence-corrected chi connectivity index (χ0v) is 17.1. The minimum absolute atomic E-state index is 0.110. The quantitative estimate of drug-likeness (QED) is 0.471. The van der Waals surface area contributed by atoms with E-state index in [1.54, 1.807) is 0 Å². The number of carbonyl (C=O) groups excluding carboxylic acids is 1. The highest BCUT2D eigenvalue weighted by Crippen LogP contribution is 2.28. The SMILES string of the molecule is Cc1nn(C)c2sc(C(=O)Nc3ccc(-c4cn5cccc(C)c5n4)cc3)cc12. The van der Waals surface area contributed by atoms with E-state index in [1.807, 2.05) is 71.8 Å². The van der Waals surface area contributed by atoms with Crippen LogP contribution < -0.4 is 5.32 Å². The third-order valence-electron chi connectivity index (χ3n) is 5.04. The Hall–Kier alpha value is -3.45. The lowest BCUT2D eigenvalue weighted by molar-refractivity contribution is 0.103. The molecule has 29 heavy (non-hydrogen) atoms. The van der Waals surface area contributed by atoms with Crippen molar-refractivity contribution in [1.82, 2.24) is 19.2 Å². The van der Waals surface area contributed by atoms with Crippen LogP contribution in [0.5, 0.6) is 0 Å². The summed E-state index contributed by atoms with van der Waals surface area (Å²) in [6, 6.07) is 13.7. The number of carbonyl (C=O) groups is 1. The van der Waals surface area contributed by atoms with E-state index in [1.165, 1.54) is 11.3 Å². The molecule has 6 nitrogen and oxygen atoms in total. The van der Waals surface area contributed by atoms with Crippen molar-refractivity contribution >= 4 is 38.8 Å². The lowest BCUT2D eigenvalue weighted by Gasteiger charge is -2.04. The van der Waals surface area contributed by atoms with Gasteiger partial charge in [-0.1, -0.05) is 18.2 Å². The molecule has 0 saturated carbocycles. The van der Waals surface area contributed by atoms with Crippen LogP contribution >= 0.6 is 11.3 Å². The van der Waals surface area contributed by atoms with Gasteiger partial charge in [0.2, 0.25) is 0 Å². The van der Waals surface area contributed by atoms with Crippen molar-refractivity contribution in [2.75, 3.05) is 5.32 Å². The first-order valence-electron chi connectivity index (χ1n) is 9.29. The van der Waals surface area contributed by atoms with E-state index in [2.05, 4.69) is 23.4 Å². The van der Waals surface area contributed by atoms with Crippen molar-refractivity contribution < 1.29 is 4.79 Å². The number of fused-ring (bicyclic) bond motifs is 2. The fourth-order valence-corrected chi connectivity index (χ4v) is 4.55. The standard InChI is InChI=1S/C22H19N5OS/c1-13-5-4-10-27-12-18(24-20(13)27)15-6-8-16(9-7-15)23-21(28)19-11-17-14(2)25-26(3)22(17)29-19/h4-12H,1-3H3,(H,23,28). The molecule has 0 bridgehead atoms. The number of rotatable bonds is 3. The Labute approximate surface area is 171 Å². The van der Waals surface area contributed by atoms with E-state index in [4.69, 9.17) is 4.98 Å². The average molecular weight is 401 g/mol. The molecular formula is C22H19N5OS. The molecule has 0 aliphatic rings. The molecule has 0 radical (unpaired) electrons. The molecule has 144 valence electrons. The second-order valence-corrected chi connectivity index (χ2v) is 8.15. The van der Waals surface area contributed by atoms with Crippen LogP contribution in [0.2, 0.25) is 0 Å². The van der Waals surface area contributed by atoms with Crippen molar-refractivity contribution in [2.45, 2.75) is 13.8 Å². The number of thiophene rings is 1. The Balaban J connectivity index is 1.38. The average Bonchev–Trinajstić information content (AvgIpc) is 3.39. The fourth-order valence-electron chi connectivity index (χ4n) is 3.53. The highest BCUT2D eigenvalue weighted by Gasteiger charge is 2.15. The largest absolute Gasteiger partial charge is 0.321 e. The summed E-state index contributed by atoms with van der Waals surface area (Å²) in [5, 5.41) is 8.39. The molecule has 0 aliphatic carbocycles. The summed E-state index contributed by atoms with van der Waals surface area (Å²) in [5.74, 6) is -0.110. The summed E-state index contributed by atoms with van der Waals surface area (Å²) in [4.78, 5) is 19.1. The van der Waals surface area contributed by atoms with Crippen molar-refractivity contribution in [3.8, 4) is 11.3 Å². The highest BCUT2D eigenvalue weighted by atomic mass is 32.1. The van der Waals surface area contributed by atoms with Crippen LogP contribution in [0.4, 0.5) is 5.69 Å². The maximum absolute atomic E-state index is 12.7. The number of hydrogen-bond donors (Lipinski definition) is 1. The summed E-state index contributed by atoms with van der Waals surface area (Å²) in [6.45, 7) is 4.01. The summed E-state index contributed by atoms with van der Waals surface area (Å²) in [6.07, 6.45) is 4.01. The topological polar surface area (TPSA) is 64.2 Å². The molecule has 1 amide bonds. The molecule has 0 spiro atoms. The van der Waals surface area contributed by atoms with Gasteiger partial charge in [-0.25, -0.2) is 4.98 Å². The normalized spacial score (nSPS) is 11.4. The lowest BCUT2D eigenvalue weighted by Crippen LogP contribution is -2.09. The summed E-state index contributed by atoms with van der Waals surface area (Å²) in [7, 11) is 1.90. The van der Waals surface area contributed by atoms with Gasteiger partial charge >= 0.3 is 0 Å². The van der Waals surface area contributed by atoms with Crippen LogP contribution in [0, 0.1) is 13.8 Å². The molecule has 5 aromatic rings. The minimum atomic E-state index is -0.110. The first-order chi connectivity index (χ1) is 14.0. The number of aryl methyl sites for hydroxylation is 3. The van der Waals surface area contributed by atoms with Gasteiger partial charge in [-0.05, 0) is 43.7 Å². The maximum Gasteiger partial charge on any atom is 0.265 e. The van der Waals surface area contributed by atoms with E-state index in [0.29, 0.717) is 4.88 Å². The highest BCUT2D eigenvalue weighted by molar-refractivity contribution is 7.20. The Morgan fingerprint density at radius 3 is 2.66 bits per heavy atom. The number of nitrogens with one attached hydrogen (secondary N) is 1. The molecule has 0 fully saturated rings. The zero-order chi connectivity index (χ0) is 20.1. The van der Waals surface area contributed by atoms with Gasteiger partial charge < -0.3 is 9.72 Å². The van der Waals surface area contributed by atoms with E-state index in [0.717, 1.165) is 44.1 Å². The third-order valence-corrected chi connectivity index (χ3v) is 6.24. The Morgan fingerprint density at radius 1 is 1.14 bits per heavy atom. The van der Waals surface area contributed by atoms with E-state index in [-0.39, 0.29) is 5.91 Å². The third kappa shape index (κ3) is 3.00. The van der Waals surface area contributed by atoms with Gasteiger partial charge in [-0.15, -0.1) is 11.3 Å². The number of anilines is 1. The van der Waals surface area contributed by atoms with E-state index in [9.17, 15) is 4.79 Å². The minimum Gasteiger partial charge on any atom is -0.321 e. The van der Waals surface area contributed by atoms with Crippen LogP contribution in [0.1, 0.15) is 20.9 Å². The molecule has 0 atom stereocenters. The smallest absolute Gasteiger partial charge is 0.265 e.